The largest absolute Gasteiger partial charge is 0.354 e. The van der Waals surface area contributed by atoms with Crippen LogP contribution in [0.15, 0.2) is 88.2 Å². The number of halogens is 2. The van der Waals surface area contributed by atoms with Gasteiger partial charge in [0.2, 0.25) is 11.8 Å². The Hall–Kier alpha value is -2.88. The standard InChI is InChI=1S/C28H31BrClN3O4S/c1-3-4-18-31-28(35)21(2)32(19-22-10-14-24(30)15-11-22)27(34)20-33(25-16-12-23(29)13-17-25)38(36,37)26-8-6-5-7-9-26/h5-17,21H,3-4,18-20H2,1-2H3,(H,31,35). The van der Waals surface area contributed by atoms with Gasteiger partial charge in [0, 0.05) is 22.6 Å². The summed E-state index contributed by atoms with van der Waals surface area (Å²) in [6, 6.07) is 20.8. The highest BCUT2D eigenvalue weighted by Gasteiger charge is 2.32. The number of carbonyl (C=O) groups excluding carboxylic acids is 2. The third kappa shape index (κ3) is 7.82. The Bertz CT molecular complexity index is 1320. The molecule has 1 N–H and O–H groups in total. The van der Waals surface area contributed by atoms with Crippen LogP contribution in [0.25, 0.3) is 0 Å². The van der Waals surface area contributed by atoms with Crippen molar-refractivity contribution in [3.05, 3.63) is 93.9 Å². The molecular weight excluding hydrogens is 590 g/mol. The Kier molecular flexibility index (Phi) is 10.8. The fourth-order valence-corrected chi connectivity index (χ4v) is 5.59. The highest BCUT2D eigenvalue weighted by Crippen LogP contribution is 2.26. The van der Waals surface area contributed by atoms with E-state index in [1.807, 2.05) is 6.92 Å². The van der Waals surface area contributed by atoms with Crippen LogP contribution in [0, 0.1) is 0 Å². The second-order valence-electron chi connectivity index (χ2n) is 8.77. The number of benzene rings is 3. The fraction of sp³-hybridized carbons (Fsp3) is 0.286. The molecule has 38 heavy (non-hydrogen) atoms. The summed E-state index contributed by atoms with van der Waals surface area (Å²) in [6.07, 6.45) is 1.73. The second kappa shape index (κ2) is 13.8. The van der Waals surface area contributed by atoms with E-state index in [0.29, 0.717) is 17.3 Å². The third-order valence-corrected chi connectivity index (χ3v) is 8.56. The van der Waals surface area contributed by atoms with Crippen LogP contribution in [0.1, 0.15) is 32.3 Å². The molecule has 202 valence electrons. The molecule has 0 radical (unpaired) electrons. The second-order valence-corrected chi connectivity index (χ2v) is 12.0. The Morgan fingerprint density at radius 2 is 1.61 bits per heavy atom. The van der Waals surface area contributed by atoms with Gasteiger partial charge in [0.05, 0.1) is 10.6 Å². The Morgan fingerprint density at radius 1 is 0.974 bits per heavy atom. The highest BCUT2D eigenvalue weighted by molar-refractivity contribution is 9.10. The number of amides is 2. The average molecular weight is 621 g/mol. The fourth-order valence-electron chi connectivity index (χ4n) is 3.76. The molecule has 10 heteroatoms. The van der Waals surface area contributed by atoms with Gasteiger partial charge in [-0.25, -0.2) is 8.42 Å². The molecule has 0 aromatic heterocycles. The first-order valence-corrected chi connectivity index (χ1v) is 14.9. The maximum Gasteiger partial charge on any atom is 0.264 e. The topological polar surface area (TPSA) is 86.8 Å². The van der Waals surface area contributed by atoms with Gasteiger partial charge in [-0.2, -0.15) is 0 Å². The number of sulfonamides is 1. The molecule has 0 saturated carbocycles. The number of anilines is 1. The van der Waals surface area contributed by atoms with Crippen LogP contribution in [-0.4, -0.2) is 44.3 Å². The monoisotopic (exact) mass is 619 g/mol. The van der Waals surface area contributed by atoms with Gasteiger partial charge < -0.3 is 10.2 Å². The average Bonchev–Trinajstić information content (AvgIpc) is 2.92. The van der Waals surface area contributed by atoms with E-state index in [9.17, 15) is 18.0 Å². The molecule has 0 aliphatic rings. The van der Waals surface area contributed by atoms with E-state index >= 15 is 0 Å². The van der Waals surface area contributed by atoms with Crippen LogP contribution in [0.5, 0.6) is 0 Å². The van der Waals surface area contributed by atoms with E-state index in [0.717, 1.165) is 27.2 Å². The zero-order chi connectivity index (χ0) is 27.7. The van der Waals surface area contributed by atoms with Crippen LogP contribution in [-0.2, 0) is 26.2 Å². The molecular formula is C28H31BrClN3O4S. The molecule has 0 bridgehead atoms. The Labute approximate surface area is 238 Å². The molecule has 1 unspecified atom stereocenters. The van der Waals surface area contributed by atoms with Crippen LogP contribution in [0.3, 0.4) is 0 Å². The minimum atomic E-state index is -4.09. The van der Waals surface area contributed by atoms with Gasteiger partial charge in [0.15, 0.2) is 0 Å². The lowest BCUT2D eigenvalue weighted by atomic mass is 10.1. The Morgan fingerprint density at radius 3 is 2.21 bits per heavy atom. The van der Waals surface area contributed by atoms with E-state index in [-0.39, 0.29) is 17.3 Å². The van der Waals surface area contributed by atoms with E-state index < -0.39 is 28.5 Å². The minimum absolute atomic E-state index is 0.0605. The van der Waals surface area contributed by atoms with Crippen LogP contribution in [0.2, 0.25) is 5.02 Å². The first kappa shape index (κ1) is 29.7. The summed E-state index contributed by atoms with van der Waals surface area (Å²) in [5, 5.41) is 3.42. The summed E-state index contributed by atoms with van der Waals surface area (Å²) >= 11 is 9.40. The quantitative estimate of drug-likeness (QED) is 0.266. The summed E-state index contributed by atoms with van der Waals surface area (Å²) in [4.78, 5) is 28.2. The number of rotatable bonds is 12. The van der Waals surface area contributed by atoms with Crippen LogP contribution in [0.4, 0.5) is 5.69 Å². The van der Waals surface area contributed by atoms with Gasteiger partial charge in [0.1, 0.15) is 12.6 Å². The molecule has 1 atom stereocenters. The van der Waals surface area contributed by atoms with Crippen molar-refractivity contribution in [1.82, 2.24) is 10.2 Å². The van der Waals surface area contributed by atoms with Crippen molar-refractivity contribution < 1.29 is 18.0 Å². The predicted molar refractivity (Wildman–Crippen MR) is 154 cm³/mol. The van der Waals surface area contributed by atoms with Crippen molar-refractivity contribution in [3.63, 3.8) is 0 Å². The first-order chi connectivity index (χ1) is 18.1. The smallest absolute Gasteiger partial charge is 0.264 e. The molecule has 3 aromatic rings. The van der Waals surface area contributed by atoms with E-state index in [1.165, 1.54) is 17.0 Å². The van der Waals surface area contributed by atoms with E-state index in [4.69, 9.17) is 11.6 Å². The molecule has 0 aliphatic heterocycles. The summed E-state index contributed by atoms with van der Waals surface area (Å²) in [5.41, 5.74) is 1.09. The van der Waals surface area contributed by atoms with Crippen LogP contribution >= 0.6 is 27.5 Å². The van der Waals surface area contributed by atoms with Crippen LogP contribution < -0.4 is 9.62 Å². The van der Waals surface area contributed by atoms with E-state index in [2.05, 4.69) is 21.2 Å². The molecule has 0 heterocycles. The zero-order valence-corrected chi connectivity index (χ0v) is 24.5. The van der Waals surface area contributed by atoms with Crippen molar-refractivity contribution in [1.29, 1.82) is 0 Å². The maximum atomic E-state index is 13.8. The van der Waals surface area contributed by atoms with Gasteiger partial charge in [0.25, 0.3) is 10.0 Å². The summed E-state index contributed by atoms with van der Waals surface area (Å²) in [6.45, 7) is 3.79. The van der Waals surface area contributed by atoms with Gasteiger partial charge in [-0.3, -0.25) is 13.9 Å². The lowest BCUT2D eigenvalue weighted by Crippen LogP contribution is -2.51. The number of hydrogen-bond donors (Lipinski definition) is 1. The van der Waals surface area contributed by atoms with Gasteiger partial charge >= 0.3 is 0 Å². The number of nitrogens with zero attached hydrogens (tertiary/aromatic N) is 2. The summed E-state index contributed by atoms with van der Waals surface area (Å²) in [5.74, 6) is -0.817. The lowest BCUT2D eigenvalue weighted by Gasteiger charge is -2.32. The highest BCUT2D eigenvalue weighted by atomic mass is 79.9. The number of unbranched alkanes of at least 4 members (excludes halogenated alkanes) is 1. The first-order valence-electron chi connectivity index (χ1n) is 12.3. The number of nitrogens with one attached hydrogen (secondary N) is 1. The van der Waals surface area contributed by atoms with Crippen molar-refractivity contribution in [3.8, 4) is 0 Å². The third-order valence-electron chi connectivity index (χ3n) is 5.99. The van der Waals surface area contributed by atoms with Crippen molar-refractivity contribution in [2.75, 3.05) is 17.4 Å². The molecule has 0 spiro atoms. The molecule has 3 aromatic carbocycles. The van der Waals surface area contributed by atoms with Crippen molar-refractivity contribution in [2.45, 2.75) is 44.2 Å². The minimum Gasteiger partial charge on any atom is -0.354 e. The van der Waals surface area contributed by atoms with Crippen molar-refractivity contribution in [2.24, 2.45) is 0 Å². The molecule has 7 nitrogen and oxygen atoms in total. The van der Waals surface area contributed by atoms with Gasteiger partial charge in [-0.15, -0.1) is 0 Å². The number of hydrogen-bond acceptors (Lipinski definition) is 4. The van der Waals surface area contributed by atoms with Gasteiger partial charge in [-0.1, -0.05) is 71.2 Å². The molecule has 2 amide bonds. The molecule has 0 fully saturated rings. The SMILES string of the molecule is CCCCNC(=O)C(C)N(Cc1ccc(Cl)cc1)C(=O)CN(c1ccc(Br)cc1)S(=O)(=O)c1ccccc1. The maximum absolute atomic E-state index is 13.8. The summed E-state index contributed by atoms with van der Waals surface area (Å²) in [7, 11) is -4.09. The molecule has 0 aliphatic carbocycles. The normalized spacial score (nSPS) is 12.0. The van der Waals surface area contributed by atoms with E-state index in [1.54, 1.807) is 73.7 Å². The summed E-state index contributed by atoms with van der Waals surface area (Å²) < 4.78 is 29.2. The van der Waals surface area contributed by atoms with Crippen molar-refractivity contribution >= 4 is 55.1 Å². The number of carbonyl (C=O) groups is 2. The molecule has 3 rings (SSSR count). The van der Waals surface area contributed by atoms with Gasteiger partial charge in [-0.05, 0) is 67.4 Å². The lowest BCUT2D eigenvalue weighted by molar-refractivity contribution is -0.139. The molecule has 0 saturated heterocycles. The Balaban J connectivity index is 1.97. The zero-order valence-electron chi connectivity index (χ0n) is 21.3. The predicted octanol–water partition coefficient (Wildman–Crippen LogP) is 5.63.